The van der Waals surface area contributed by atoms with Gasteiger partial charge in [0.05, 0.1) is 16.8 Å². The van der Waals surface area contributed by atoms with Crippen molar-refractivity contribution in [2.75, 3.05) is 0 Å². The van der Waals surface area contributed by atoms with Crippen molar-refractivity contribution in [1.82, 2.24) is 4.98 Å². The molecule has 1 aliphatic carbocycles. The van der Waals surface area contributed by atoms with Crippen molar-refractivity contribution >= 4 is 6.08 Å². The molecule has 0 radical (unpaired) electrons. The molecule has 3 rings (SSSR count). The number of fused-ring (bicyclic) bond motifs is 1. The average Bonchev–Trinajstić information content (AvgIpc) is 2.60. The first-order chi connectivity index (χ1) is 12.4. The smallest absolute Gasteiger partial charge is 0.418 e. The summed E-state index contributed by atoms with van der Waals surface area (Å²) in [7, 11) is 0. The van der Waals surface area contributed by atoms with Gasteiger partial charge in [0.15, 0.2) is 5.43 Å². The Morgan fingerprint density at radius 1 is 1.15 bits per heavy atom. The van der Waals surface area contributed by atoms with Crippen molar-refractivity contribution in [2.24, 2.45) is 0 Å². The summed E-state index contributed by atoms with van der Waals surface area (Å²) < 4.78 is 45.2. The van der Waals surface area contributed by atoms with Crippen molar-refractivity contribution in [3.8, 4) is 11.3 Å². The van der Waals surface area contributed by atoms with E-state index in [1.165, 1.54) is 12.3 Å². The molecule has 0 aromatic carbocycles. The summed E-state index contributed by atoms with van der Waals surface area (Å²) in [6.07, 6.45) is 8.10. The largest absolute Gasteiger partial charge is 0.464 e. The van der Waals surface area contributed by atoms with E-state index in [0.29, 0.717) is 5.57 Å². The molecule has 0 aliphatic heterocycles. The summed E-state index contributed by atoms with van der Waals surface area (Å²) in [6.45, 7) is 3.82. The Morgan fingerprint density at radius 3 is 2.73 bits per heavy atom. The van der Waals surface area contributed by atoms with Crippen LogP contribution in [0.3, 0.4) is 0 Å². The predicted octanol–water partition coefficient (Wildman–Crippen LogP) is 4.96. The fourth-order valence-corrected chi connectivity index (χ4v) is 2.55. The Kier molecular flexibility index (Phi) is 4.75. The van der Waals surface area contributed by atoms with E-state index < -0.39 is 22.9 Å². The van der Waals surface area contributed by atoms with Gasteiger partial charge in [-0.2, -0.15) is 13.2 Å². The average molecular weight is 357 g/mol. The summed E-state index contributed by atoms with van der Waals surface area (Å²) in [6, 6.07) is 2.07. The fourth-order valence-electron chi connectivity index (χ4n) is 2.55. The highest BCUT2D eigenvalue weighted by Crippen LogP contribution is 2.35. The number of aromatic nitrogens is 1. The lowest BCUT2D eigenvalue weighted by molar-refractivity contribution is -0.137. The fraction of sp³-hybridized carbons (Fsp3) is 0.100. The Morgan fingerprint density at radius 2 is 1.96 bits per heavy atom. The van der Waals surface area contributed by atoms with Crippen molar-refractivity contribution < 1.29 is 17.6 Å². The molecule has 0 atom stereocenters. The van der Waals surface area contributed by atoms with Crippen molar-refractivity contribution in [2.45, 2.75) is 12.6 Å². The SMILES string of the molecule is C=C1/C=C\C=C/Cc2c(occ(-c3ncccc3C(F)(F)F)c2=O)/C=C\1. The third-order valence-corrected chi connectivity index (χ3v) is 3.82. The van der Waals surface area contributed by atoms with Gasteiger partial charge in [-0.15, -0.1) is 0 Å². The minimum Gasteiger partial charge on any atom is -0.464 e. The van der Waals surface area contributed by atoms with Gasteiger partial charge in [0.2, 0.25) is 0 Å². The number of rotatable bonds is 1. The number of hydrogen-bond acceptors (Lipinski definition) is 3. The highest BCUT2D eigenvalue weighted by atomic mass is 19.4. The van der Waals surface area contributed by atoms with E-state index in [9.17, 15) is 18.0 Å². The lowest BCUT2D eigenvalue weighted by Gasteiger charge is -2.12. The quantitative estimate of drug-likeness (QED) is 0.725. The molecule has 3 nitrogen and oxygen atoms in total. The number of hydrogen-bond donors (Lipinski definition) is 0. The maximum Gasteiger partial charge on any atom is 0.418 e. The molecule has 2 aromatic rings. The second kappa shape index (κ2) is 7.00. The van der Waals surface area contributed by atoms with Crippen molar-refractivity contribution in [3.05, 3.63) is 94.2 Å². The highest BCUT2D eigenvalue weighted by Gasteiger charge is 2.35. The van der Waals surface area contributed by atoms with Gasteiger partial charge in [0.25, 0.3) is 0 Å². The minimum absolute atomic E-state index is 0.218. The number of alkyl halides is 3. The zero-order valence-corrected chi connectivity index (χ0v) is 13.6. The molecule has 26 heavy (non-hydrogen) atoms. The summed E-state index contributed by atoms with van der Waals surface area (Å²) in [5.74, 6) is 0.282. The number of halogens is 3. The molecule has 2 heterocycles. The lowest BCUT2D eigenvalue weighted by atomic mass is 10.0. The van der Waals surface area contributed by atoms with Gasteiger partial charge in [-0.1, -0.05) is 37.0 Å². The Balaban J connectivity index is 2.20. The second-order valence-corrected chi connectivity index (χ2v) is 5.62. The van der Waals surface area contributed by atoms with Crippen LogP contribution >= 0.6 is 0 Å². The Hall–Kier alpha value is -3.15. The highest BCUT2D eigenvalue weighted by molar-refractivity contribution is 5.65. The van der Waals surface area contributed by atoms with E-state index in [0.717, 1.165) is 12.3 Å². The topological polar surface area (TPSA) is 43.1 Å². The van der Waals surface area contributed by atoms with Crippen LogP contribution in [0, 0.1) is 0 Å². The van der Waals surface area contributed by atoms with Crippen molar-refractivity contribution in [3.63, 3.8) is 0 Å². The standard InChI is InChI=1S/C20H14F3NO2/c1-13-6-3-2-4-7-14-17(10-9-13)26-12-15(19(14)25)18-16(20(21,22)23)8-5-11-24-18/h2-6,8-12H,1,7H2/b4-2-,6-3-,10-9-. The van der Waals surface area contributed by atoms with Gasteiger partial charge in [-0.3, -0.25) is 9.78 Å². The van der Waals surface area contributed by atoms with Crippen LogP contribution in [0.2, 0.25) is 0 Å². The first-order valence-corrected chi connectivity index (χ1v) is 7.75. The van der Waals surface area contributed by atoms with E-state index in [1.54, 1.807) is 36.5 Å². The van der Waals surface area contributed by atoms with Crippen LogP contribution < -0.4 is 5.43 Å². The molecule has 0 N–H and O–H groups in total. The molecule has 0 spiro atoms. The molecule has 0 unspecified atom stereocenters. The van der Waals surface area contributed by atoms with Crippen LogP contribution in [0.15, 0.2) is 76.3 Å². The Labute approximate surface area is 147 Å². The van der Waals surface area contributed by atoms with Gasteiger partial charge in [-0.05, 0) is 30.2 Å². The van der Waals surface area contributed by atoms with Crippen molar-refractivity contribution in [1.29, 1.82) is 0 Å². The van der Waals surface area contributed by atoms with Gasteiger partial charge in [0.1, 0.15) is 12.0 Å². The third kappa shape index (κ3) is 3.59. The van der Waals surface area contributed by atoms with Crippen LogP contribution in [-0.2, 0) is 12.6 Å². The van der Waals surface area contributed by atoms with Crippen LogP contribution in [0.1, 0.15) is 16.9 Å². The summed E-state index contributed by atoms with van der Waals surface area (Å²) in [4.78, 5) is 16.6. The van der Waals surface area contributed by atoms with Crippen LogP contribution in [0.4, 0.5) is 13.2 Å². The first kappa shape index (κ1) is 17.7. The normalized spacial score (nSPS) is 18.0. The molecule has 1 aliphatic rings. The molecular formula is C20H14F3NO2. The maximum absolute atomic E-state index is 13.3. The van der Waals surface area contributed by atoms with Gasteiger partial charge in [-0.25, -0.2) is 0 Å². The van der Waals surface area contributed by atoms with Gasteiger partial charge < -0.3 is 4.42 Å². The second-order valence-electron chi connectivity index (χ2n) is 5.62. The molecule has 0 bridgehead atoms. The molecule has 0 amide bonds. The van der Waals surface area contributed by atoms with E-state index in [4.69, 9.17) is 4.42 Å². The Bertz CT molecular complexity index is 995. The van der Waals surface area contributed by atoms with Crippen LogP contribution in [0.5, 0.6) is 0 Å². The minimum atomic E-state index is -4.63. The zero-order chi connectivity index (χ0) is 18.7. The number of pyridine rings is 1. The molecule has 132 valence electrons. The number of allylic oxidation sites excluding steroid dienone is 6. The monoisotopic (exact) mass is 357 g/mol. The molecule has 0 fully saturated rings. The summed E-state index contributed by atoms with van der Waals surface area (Å²) in [5.41, 5.74) is -1.22. The summed E-state index contributed by atoms with van der Waals surface area (Å²) in [5, 5.41) is 0. The van der Waals surface area contributed by atoms with E-state index >= 15 is 0 Å². The first-order valence-electron chi connectivity index (χ1n) is 7.75. The van der Waals surface area contributed by atoms with Crippen LogP contribution in [-0.4, -0.2) is 4.98 Å². The molecule has 6 heteroatoms. The van der Waals surface area contributed by atoms with Gasteiger partial charge in [0, 0.05) is 11.8 Å². The van der Waals surface area contributed by atoms with Gasteiger partial charge >= 0.3 is 6.18 Å². The molecule has 0 saturated heterocycles. The maximum atomic E-state index is 13.3. The summed E-state index contributed by atoms with van der Waals surface area (Å²) >= 11 is 0. The molecule has 2 aromatic heterocycles. The van der Waals surface area contributed by atoms with E-state index in [-0.39, 0.29) is 23.3 Å². The molecular weight excluding hydrogens is 343 g/mol. The molecule has 0 saturated carbocycles. The van der Waals surface area contributed by atoms with Crippen LogP contribution in [0.25, 0.3) is 17.3 Å². The zero-order valence-electron chi connectivity index (χ0n) is 13.6. The predicted molar refractivity (Wildman–Crippen MR) is 93.4 cm³/mol. The van der Waals surface area contributed by atoms with E-state index in [1.807, 2.05) is 0 Å². The number of nitrogens with zero attached hydrogens (tertiary/aromatic N) is 1. The lowest BCUT2D eigenvalue weighted by Crippen LogP contribution is -2.16. The third-order valence-electron chi connectivity index (χ3n) is 3.82. The van der Waals surface area contributed by atoms with E-state index in [2.05, 4.69) is 11.6 Å².